The summed E-state index contributed by atoms with van der Waals surface area (Å²) in [4.78, 5) is 26.0. The van der Waals surface area contributed by atoms with Gasteiger partial charge < -0.3 is 0 Å². The van der Waals surface area contributed by atoms with Crippen LogP contribution in [-0.4, -0.2) is 49.2 Å². The van der Waals surface area contributed by atoms with E-state index in [2.05, 4.69) is 15.5 Å². The molecule has 136 valence electrons. The van der Waals surface area contributed by atoms with Crippen molar-refractivity contribution in [2.45, 2.75) is 18.1 Å². The molecule has 1 aromatic heterocycles. The zero-order valence-electron chi connectivity index (χ0n) is 14.5. The van der Waals surface area contributed by atoms with Gasteiger partial charge in [-0.2, -0.15) is 0 Å². The second kappa shape index (κ2) is 7.71. The SMILES string of the molecule is O=C1c2ccccc2C(=O)N1CCCSc1nnnn1Cc1ccccc1. The molecule has 1 aliphatic rings. The van der Waals surface area contributed by atoms with E-state index in [0.29, 0.717) is 36.4 Å². The second-order valence-corrected chi connectivity index (χ2v) is 7.18. The zero-order valence-corrected chi connectivity index (χ0v) is 15.3. The number of hydrogen-bond acceptors (Lipinski definition) is 6. The third-order valence-corrected chi connectivity index (χ3v) is 5.35. The van der Waals surface area contributed by atoms with Crippen molar-refractivity contribution < 1.29 is 9.59 Å². The van der Waals surface area contributed by atoms with E-state index in [9.17, 15) is 9.59 Å². The predicted octanol–water partition coefficient (Wildman–Crippen LogP) is 2.50. The zero-order chi connectivity index (χ0) is 18.6. The highest BCUT2D eigenvalue weighted by atomic mass is 32.2. The molecular formula is C19H17N5O2S. The van der Waals surface area contributed by atoms with Gasteiger partial charge in [0.2, 0.25) is 5.16 Å². The van der Waals surface area contributed by atoms with Crippen LogP contribution < -0.4 is 0 Å². The normalized spacial score (nSPS) is 13.3. The van der Waals surface area contributed by atoms with Crippen LogP contribution >= 0.6 is 11.8 Å². The monoisotopic (exact) mass is 379 g/mol. The molecule has 0 N–H and O–H groups in total. The molecule has 0 atom stereocenters. The average Bonchev–Trinajstić information content (AvgIpc) is 3.23. The molecule has 2 amide bonds. The number of carbonyl (C=O) groups excluding carboxylic acids is 2. The minimum Gasteiger partial charge on any atom is -0.274 e. The Morgan fingerprint density at radius 3 is 2.26 bits per heavy atom. The molecule has 0 aliphatic carbocycles. The van der Waals surface area contributed by atoms with Crippen LogP contribution in [0.4, 0.5) is 0 Å². The summed E-state index contributed by atoms with van der Waals surface area (Å²) in [5.41, 5.74) is 2.10. The molecule has 0 radical (unpaired) electrons. The first kappa shape index (κ1) is 17.4. The maximum Gasteiger partial charge on any atom is 0.261 e. The fraction of sp³-hybridized carbons (Fsp3) is 0.211. The lowest BCUT2D eigenvalue weighted by Gasteiger charge is -2.13. The number of nitrogens with zero attached hydrogens (tertiary/aromatic N) is 5. The average molecular weight is 379 g/mol. The number of benzene rings is 2. The lowest BCUT2D eigenvalue weighted by atomic mass is 10.1. The van der Waals surface area contributed by atoms with Crippen LogP contribution in [0.2, 0.25) is 0 Å². The van der Waals surface area contributed by atoms with Crippen LogP contribution in [0.5, 0.6) is 0 Å². The van der Waals surface area contributed by atoms with Crippen molar-refractivity contribution in [2.24, 2.45) is 0 Å². The summed E-state index contributed by atoms with van der Waals surface area (Å²) in [6, 6.07) is 16.9. The molecule has 3 aromatic rings. The molecule has 0 spiro atoms. The summed E-state index contributed by atoms with van der Waals surface area (Å²) in [5, 5.41) is 12.6. The smallest absolute Gasteiger partial charge is 0.261 e. The Labute approximate surface area is 160 Å². The third kappa shape index (κ3) is 3.61. The van der Waals surface area contributed by atoms with Gasteiger partial charge in [0.15, 0.2) is 0 Å². The Kier molecular flexibility index (Phi) is 4.97. The highest BCUT2D eigenvalue weighted by molar-refractivity contribution is 7.99. The minimum atomic E-state index is -0.213. The fourth-order valence-electron chi connectivity index (χ4n) is 2.98. The summed E-state index contributed by atoms with van der Waals surface area (Å²) < 4.78 is 1.75. The van der Waals surface area contributed by atoms with Gasteiger partial charge in [-0.05, 0) is 34.5 Å². The van der Waals surface area contributed by atoms with E-state index in [-0.39, 0.29) is 11.8 Å². The topological polar surface area (TPSA) is 81.0 Å². The molecule has 0 fully saturated rings. The molecule has 2 aromatic carbocycles. The molecule has 0 bridgehead atoms. The molecule has 1 aliphatic heterocycles. The van der Waals surface area contributed by atoms with Gasteiger partial charge >= 0.3 is 0 Å². The molecule has 4 rings (SSSR count). The number of rotatable bonds is 7. The number of amides is 2. The lowest BCUT2D eigenvalue weighted by Crippen LogP contribution is -2.31. The number of fused-ring (bicyclic) bond motifs is 1. The standard InChI is InChI=1S/C19H17N5O2S/c25-17-15-9-4-5-10-16(15)18(26)23(17)11-6-12-27-19-20-21-22-24(19)13-14-7-2-1-3-8-14/h1-5,7-10H,6,11-13H2. The van der Waals surface area contributed by atoms with Crippen LogP contribution in [0.25, 0.3) is 0 Å². The maximum absolute atomic E-state index is 12.3. The number of tetrazole rings is 1. The van der Waals surface area contributed by atoms with E-state index >= 15 is 0 Å². The summed E-state index contributed by atoms with van der Waals surface area (Å²) in [6.45, 7) is 0.994. The van der Waals surface area contributed by atoms with Crippen molar-refractivity contribution in [2.75, 3.05) is 12.3 Å². The Morgan fingerprint density at radius 2 is 1.56 bits per heavy atom. The molecule has 0 saturated heterocycles. The molecule has 7 nitrogen and oxygen atoms in total. The molecule has 2 heterocycles. The number of hydrogen-bond donors (Lipinski definition) is 0. The van der Waals surface area contributed by atoms with E-state index < -0.39 is 0 Å². The van der Waals surface area contributed by atoms with Crippen molar-refractivity contribution in [3.05, 3.63) is 71.3 Å². The number of aromatic nitrogens is 4. The lowest BCUT2D eigenvalue weighted by molar-refractivity contribution is 0.0655. The quantitative estimate of drug-likeness (QED) is 0.356. The van der Waals surface area contributed by atoms with Crippen molar-refractivity contribution >= 4 is 23.6 Å². The third-order valence-electron chi connectivity index (χ3n) is 4.31. The number of imide groups is 1. The second-order valence-electron chi connectivity index (χ2n) is 6.11. The van der Waals surface area contributed by atoms with Gasteiger partial charge in [0, 0.05) is 12.3 Å². The van der Waals surface area contributed by atoms with E-state index in [1.807, 2.05) is 30.3 Å². The molecular weight excluding hydrogens is 362 g/mol. The first-order valence-electron chi connectivity index (χ1n) is 8.62. The Hall–Kier alpha value is -3.00. The Bertz CT molecular complexity index is 938. The Morgan fingerprint density at radius 1 is 0.889 bits per heavy atom. The number of thioether (sulfide) groups is 1. The van der Waals surface area contributed by atoms with Crippen LogP contribution in [0.1, 0.15) is 32.7 Å². The highest BCUT2D eigenvalue weighted by Crippen LogP contribution is 2.23. The fourth-order valence-corrected chi connectivity index (χ4v) is 3.78. The first-order valence-corrected chi connectivity index (χ1v) is 9.61. The van der Waals surface area contributed by atoms with Gasteiger partial charge in [-0.15, -0.1) is 5.10 Å². The number of carbonyl (C=O) groups is 2. The van der Waals surface area contributed by atoms with Gasteiger partial charge in [-0.3, -0.25) is 14.5 Å². The minimum absolute atomic E-state index is 0.213. The van der Waals surface area contributed by atoms with Gasteiger partial charge in [-0.1, -0.05) is 54.2 Å². The molecule has 0 unspecified atom stereocenters. The van der Waals surface area contributed by atoms with Crippen LogP contribution in [0.15, 0.2) is 59.8 Å². The van der Waals surface area contributed by atoms with E-state index in [1.54, 1.807) is 28.9 Å². The van der Waals surface area contributed by atoms with Crippen molar-refractivity contribution in [3.8, 4) is 0 Å². The highest BCUT2D eigenvalue weighted by Gasteiger charge is 2.34. The van der Waals surface area contributed by atoms with Gasteiger partial charge in [0.25, 0.3) is 11.8 Å². The van der Waals surface area contributed by atoms with Crippen LogP contribution in [0.3, 0.4) is 0 Å². The predicted molar refractivity (Wildman–Crippen MR) is 101 cm³/mol. The first-order chi connectivity index (χ1) is 13.2. The molecule has 0 saturated carbocycles. The molecule has 27 heavy (non-hydrogen) atoms. The van der Waals surface area contributed by atoms with Crippen molar-refractivity contribution in [3.63, 3.8) is 0 Å². The van der Waals surface area contributed by atoms with Gasteiger partial charge in [0.05, 0.1) is 17.7 Å². The van der Waals surface area contributed by atoms with Gasteiger partial charge in [-0.25, -0.2) is 4.68 Å². The van der Waals surface area contributed by atoms with Gasteiger partial charge in [0.1, 0.15) is 0 Å². The van der Waals surface area contributed by atoms with E-state index in [1.165, 1.54) is 16.7 Å². The molecule has 8 heteroatoms. The van der Waals surface area contributed by atoms with Crippen molar-refractivity contribution in [1.29, 1.82) is 0 Å². The summed E-state index contributed by atoms with van der Waals surface area (Å²) in [5.74, 6) is 0.284. The Balaban J connectivity index is 1.31. The summed E-state index contributed by atoms with van der Waals surface area (Å²) in [6.07, 6.45) is 0.675. The van der Waals surface area contributed by atoms with Crippen LogP contribution in [-0.2, 0) is 6.54 Å². The van der Waals surface area contributed by atoms with Crippen molar-refractivity contribution in [1.82, 2.24) is 25.1 Å². The van der Waals surface area contributed by atoms with Crippen LogP contribution in [0, 0.1) is 0 Å². The summed E-state index contributed by atoms with van der Waals surface area (Å²) in [7, 11) is 0. The maximum atomic E-state index is 12.3. The largest absolute Gasteiger partial charge is 0.274 e. The van der Waals surface area contributed by atoms with E-state index in [4.69, 9.17) is 0 Å². The summed E-state index contributed by atoms with van der Waals surface area (Å²) >= 11 is 1.52. The van der Waals surface area contributed by atoms with E-state index in [0.717, 1.165) is 10.7 Å².